The molecule has 1 amide bonds. The van der Waals surface area contributed by atoms with E-state index in [1.807, 2.05) is 26.8 Å². The van der Waals surface area contributed by atoms with Crippen LogP contribution in [0.25, 0.3) is 0 Å². The van der Waals surface area contributed by atoms with E-state index in [2.05, 4.69) is 0 Å². The van der Waals surface area contributed by atoms with Crippen molar-refractivity contribution in [3.05, 3.63) is 29.8 Å². The van der Waals surface area contributed by atoms with E-state index in [-0.39, 0.29) is 6.09 Å². The zero-order valence-electron chi connectivity index (χ0n) is 14.9. The summed E-state index contributed by atoms with van der Waals surface area (Å²) in [5.74, 6) is -1.16. The summed E-state index contributed by atoms with van der Waals surface area (Å²) >= 11 is 0. The standard InChI is InChI=1S/C19H25NO5/c1-18(2,3)25-17(23)20-10-8-19(9-11-20)12-14(16(21)22)13-6-4-5-7-15(13)24-19/h4-7,14H,8-12H2,1-3H3,(H,21,22)/p-1. The maximum atomic E-state index is 12.2. The number of ether oxygens (including phenoxy) is 2. The zero-order chi connectivity index (χ0) is 18.2. The number of carbonyl (C=O) groups is 2. The molecule has 1 aromatic rings. The predicted molar refractivity (Wildman–Crippen MR) is 89.2 cm³/mol. The third-order valence-corrected chi connectivity index (χ3v) is 4.81. The van der Waals surface area contributed by atoms with E-state index in [9.17, 15) is 14.7 Å². The number of benzene rings is 1. The molecule has 25 heavy (non-hydrogen) atoms. The van der Waals surface area contributed by atoms with Crippen LogP contribution in [0.1, 0.15) is 51.5 Å². The number of carboxylic acid groups (broad SMARTS) is 1. The van der Waals surface area contributed by atoms with Crippen LogP contribution in [0.2, 0.25) is 0 Å². The van der Waals surface area contributed by atoms with Crippen molar-refractivity contribution in [2.75, 3.05) is 13.1 Å². The summed E-state index contributed by atoms with van der Waals surface area (Å²) in [6, 6.07) is 7.21. The van der Waals surface area contributed by atoms with Crippen LogP contribution in [0.3, 0.4) is 0 Å². The lowest BCUT2D eigenvalue weighted by Crippen LogP contribution is -2.53. The lowest BCUT2D eigenvalue weighted by atomic mass is 9.77. The van der Waals surface area contributed by atoms with Crippen molar-refractivity contribution in [2.45, 2.75) is 57.2 Å². The molecule has 6 nitrogen and oxygen atoms in total. The van der Waals surface area contributed by atoms with E-state index in [1.54, 1.807) is 23.1 Å². The second-order valence-corrected chi connectivity index (χ2v) is 7.87. The topological polar surface area (TPSA) is 78.9 Å². The van der Waals surface area contributed by atoms with Gasteiger partial charge in [-0.25, -0.2) is 4.79 Å². The number of para-hydroxylation sites is 1. The molecule has 6 heteroatoms. The smallest absolute Gasteiger partial charge is 0.410 e. The summed E-state index contributed by atoms with van der Waals surface area (Å²) in [4.78, 5) is 25.5. The average Bonchev–Trinajstić information content (AvgIpc) is 2.53. The highest BCUT2D eigenvalue weighted by Crippen LogP contribution is 2.45. The highest BCUT2D eigenvalue weighted by molar-refractivity contribution is 5.76. The van der Waals surface area contributed by atoms with Crippen LogP contribution in [-0.2, 0) is 9.53 Å². The van der Waals surface area contributed by atoms with Gasteiger partial charge in [-0.3, -0.25) is 0 Å². The van der Waals surface area contributed by atoms with Crippen molar-refractivity contribution < 1.29 is 24.2 Å². The van der Waals surface area contributed by atoms with Crippen LogP contribution in [0.15, 0.2) is 24.3 Å². The first-order valence-electron chi connectivity index (χ1n) is 8.66. The Morgan fingerprint density at radius 2 is 1.88 bits per heavy atom. The molecule has 1 atom stereocenters. The molecule has 1 unspecified atom stereocenters. The van der Waals surface area contributed by atoms with Crippen molar-refractivity contribution in [1.29, 1.82) is 0 Å². The Morgan fingerprint density at radius 1 is 1.24 bits per heavy atom. The Kier molecular flexibility index (Phi) is 4.39. The second-order valence-electron chi connectivity index (χ2n) is 7.87. The number of likely N-dealkylation sites (tertiary alicyclic amines) is 1. The van der Waals surface area contributed by atoms with Gasteiger partial charge < -0.3 is 24.3 Å². The van der Waals surface area contributed by atoms with E-state index < -0.39 is 23.1 Å². The average molecular weight is 346 g/mol. The first-order chi connectivity index (χ1) is 11.7. The number of piperidine rings is 1. The summed E-state index contributed by atoms with van der Waals surface area (Å²) in [6.45, 7) is 6.47. The van der Waals surface area contributed by atoms with E-state index >= 15 is 0 Å². The molecule has 1 saturated heterocycles. The minimum Gasteiger partial charge on any atom is -0.549 e. The summed E-state index contributed by atoms with van der Waals surface area (Å²) in [6.07, 6.45) is 1.18. The first kappa shape index (κ1) is 17.6. The van der Waals surface area contributed by atoms with Crippen molar-refractivity contribution in [1.82, 2.24) is 4.90 Å². The van der Waals surface area contributed by atoms with Gasteiger partial charge in [-0.05, 0) is 33.3 Å². The molecule has 0 aromatic heterocycles. The number of fused-ring (bicyclic) bond motifs is 1. The highest BCUT2D eigenvalue weighted by atomic mass is 16.6. The van der Waals surface area contributed by atoms with Crippen LogP contribution in [0.5, 0.6) is 5.75 Å². The van der Waals surface area contributed by atoms with Gasteiger partial charge in [0.15, 0.2) is 0 Å². The Balaban J connectivity index is 1.73. The number of amides is 1. The first-order valence-corrected chi connectivity index (χ1v) is 8.66. The Morgan fingerprint density at radius 3 is 2.48 bits per heavy atom. The Bertz CT molecular complexity index is 671. The molecule has 0 N–H and O–H groups in total. The second kappa shape index (κ2) is 6.24. The molecule has 2 aliphatic rings. The third kappa shape index (κ3) is 3.72. The van der Waals surface area contributed by atoms with E-state index in [0.29, 0.717) is 43.7 Å². The lowest BCUT2D eigenvalue weighted by Gasteiger charge is -2.47. The largest absolute Gasteiger partial charge is 0.549 e. The molecule has 3 rings (SSSR count). The molecule has 1 spiro atoms. The number of hydrogen-bond acceptors (Lipinski definition) is 5. The van der Waals surface area contributed by atoms with Gasteiger partial charge in [-0.2, -0.15) is 0 Å². The summed E-state index contributed by atoms with van der Waals surface area (Å²) < 4.78 is 11.6. The quantitative estimate of drug-likeness (QED) is 0.778. The minimum absolute atomic E-state index is 0.338. The third-order valence-electron chi connectivity index (χ3n) is 4.81. The molecule has 136 valence electrons. The van der Waals surface area contributed by atoms with Gasteiger partial charge in [0.1, 0.15) is 17.0 Å². The molecule has 2 aliphatic heterocycles. The minimum atomic E-state index is -1.08. The fourth-order valence-electron chi connectivity index (χ4n) is 3.56. The van der Waals surface area contributed by atoms with Crippen LogP contribution in [-0.4, -0.2) is 41.3 Å². The van der Waals surface area contributed by atoms with Crippen molar-refractivity contribution in [3.8, 4) is 5.75 Å². The number of aliphatic carboxylic acids is 1. The number of carbonyl (C=O) groups excluding carboxylic acids is 2. The number of rotatable bonds is 1. The summed E-state index contributed by atoms with van der Waals surface area (Å²) in [7, 11) is 0. The Labute approximate surface area is 147 Å². The number of hydrogen-bond donors (Lipinski definition) is 0. The zero-order valence-corrected chi connectivity index (χ0v) is 14.9. The molecule has 0 bridgehead atoms. The normalized spacial score (nSPS) is 22.0. The lowest BCUT2D eigenvalue weighted by molar-refractivity contribution is -0.309. The van der Waals surface area contributed by atoms with Crippen LogP contribution < -0.4 is 9.84 Å². The molecule has 1 fully saturated rings. The Hall–Kier alpha value is -2.24. The maximum absolute atomic E-state index is 12.2. The number of carboxylic acids is 1. The van der Waals surface area contributed by atoms with Crippen LogP contribution >= 0.6 is 0 Å². The fourth-order valence-corrected chi connectivity index (χ4v) is 3.56. The molecule has 0 radical (unpaired) electrons. The SMILES string of the molecule is CC(C)(C)OC(=O)N1CCC2(CC1)CC(C(=O)[O-])c1ccccc1O2. The highest BCUT2D eigenvalue weighted by Gasteiger charge is 2.44. The molecule has 1 aromatic carbocycles. The van der Waals surface area contributed by atoms with Crippen molar-refractivity contribution in [3.63, 3.8) is 0 Å². The van der Waals surface area contributed by atoms with E-state index in [4.69, 9.17) is 9.47 Å². The molecular weight excluding hydrogens is 322 g/mol. The van der Waals surface area contributed by atoms with Crippen LogP contribution in [0, 0.1) is 0 Å². The fraction of sp³-hybridized carbons (Fsp3) is 0.579. The van der Waals surface area contributed by atoms with Crippen molar-refractivity contribution in [2.24, 2.45) is 0 Å². The summed E-state index contributed by atoms with van der Waals surface area (Å²) in [5, 5.41) is 11.6. The van der Waals surface area contributed by atoms with Crippen molar-refractivity contribution >= 4 is 12.1 Å². The van der Waals surface area contributed by atoms with Gasteiger partial charge in [-0.15, -0.1) is 0 Å². The van der Waals surface area contributed by atoms with E-state index in [1.165, 1.54) is 0 Å². The van der Waals surface area contributed by atoms with Gasteiger partial charge in [0.2, 0.25) is 0 Å². The molecule has 2 heterocycles. The van der Waals surface area contributed by atoms with Gasteiger partial charge >= 0.3 is 6.09 Å². The van der Waals surface area contributed by atoms with Gasteiger partial charge in [0.05, 0.1) is 0 Å². The van der Waals surface area contributed by atoms with E-state index in [0.717, 1.165) is 0 Å². The molecule has 0 aliphatic carbocycles. The van der Waals surface area contributed by atoms with Gasteiger partial charge in [0, 0.05) is 43.4 Å². The van der Waals surface area contributed by atoms with Gasteiger partial charge in [0.25, 0.3) is 0 Å². The van der Waals surface area contributed by atoms with Crippen LogP contribution in [0.4, 0.5) is 4.79 Å². The van der Waals surface area contributed by atoms with Gasteiger partial charge in [-0.1, -0.05) is 18.2 Å². The molecule has 0 saturated carbocycles. The molecular formula is C19H24NO5-. The summed E-state index contributed by atoms with van der Waals surface area (Å²) in [5.41, 5.74) is -0.438. The monoisotopic (exact) mass is 346 g/mol. The number of nitrogens with zero attached hydrogens (tertiary/aromatic N) is 1. The predicted octanol–water partition coefficient (Wildman–Crippen LogP) is 2.07. The maximum Gasteiger partial charge on any atom is 0.410 e.